The Bertz CT molecular complexity index is 672. The number of hydrogen-bond donors (Lipinski definition) is 1. The van der Waals surface area contributed by atoms with E-state index in [2.05, 4.69) is 22.0 Å². The van der Waals surface area contributed by atoms with Crippen molar-refractivity contribution in [3.05, 3.63) is 59.4 Å². The molecule has 0 saturated carbocycles. The number of rotatable bonds is 9. The van der Waals surface area contributed by atoms with Crippen molar-refractivity contribution in [1.29, 1.82) is 0 Å². The minimum absolute atomic E-state index is 0.0187. The van der Waals surface area contributed by atoms with Crippen molar-refractivity contribution >= 4 is 0 Å². The average molecular weight is 356 g/mol. The molecule has 5 nitrogen and oxygen atoms in total. The summed E-state index contributed by atoms with van der Waals surface area (Å²) in [4.78, 5) is 6.83. The van der Waals surface area contributed by atoms with E-state index in [-0.39, 0.29) is 6.61 Å². The summed E-state index contributed by atoms with van der Waals surface area (Å²) in [6.45, 7) is 5.84. The zero-order valence-corrected chi connectivity index (χ0v) is 15.4. The minimum atomic E-state index is -0.0187. The van der Waals surface area contributed by atoms with Crippen LogP contribution in [-0.2, 0) is 24.4 Å². The summed E-state index contributed by atoms with van der Waals surface area (Å²) >= 11 is 0. The van der Waals surface area contributed by atoms with Crippen molar-refractivity contribution in [3.63, 3.8) is 0 Å². The number of nitrogens with zero attached hydrogens (tertiary/aromatic N) is 2. The van der Waals surface area contributed by atoms with Gasteiger partial charge in [-0.2, -0.15) is 0 Å². The van der Waals surface area contributed by atoms with Crippen LogP contribution in [0.25, 0.3) is 0 Å². The van der Waals surface area contributed by atoms with Crippen LogP contribution in [0.5, 0.6) is 5.75 Å². The van der Waals surface area contributed by atoms with Crippen molar-refractivity contribution in [2.45, 2.75) is 45.6 Å². The van der Waals surface area contributed by atoms with Gasteiger partial charge in [0.1, 0.15) is 5.75 Å². The first-order valence-corrected chi connectivity index (χ1v) is 9.37. The van der Waals surface area contributed by atoms with Crippen LogP contribution in [-0.4, -0.2) is 40.9 Å². The Morgan fingerprint density at radius 2 is 2.19 bits per heavy atom. The van der Waals surface area contributed by atoms with Gasteiger partial charge < -0.3 is 14.6 Å². The van der Waals surface area contributed by atoms with Gasteiger partial charge in [-0.1, -0.05) is 12.1 Å². The van der Waals surface area contributed by atoms with Crippen LogP contribution in [0.2, 0.25) is 0 Å². The Balaban J connectivity index is 1.73. The predicted octanol–water partition coefficient (Wildman–Crippen LogP) is 3.15. The third-order valence-corrected chi connectivity index (χ3v) is 4.60. The van der Waals surface area contributed by atoms with Gasteiger partial charge in [0.2, 0.25) is 0 Å². The quantitative estimate of drug-likeness (QED) is 0.748. The van der Waals surface area contributed by atoms with Crippen molar-refractivity contribution in [2.24, 2.45) is 0 Å². The Morgan fingerprint density at radius 3 is 2.88 bits per heavy atom. The van der Waals surface area contributed by atoms with Crippen molar-refractivity contribution in [3.8, 4) is 5.75 Å². The molecule has 1 fully saturated rings. The Morgan fingerprint density at radius 1 is 1.27 bits per heavy atom. The van der Waals surface area contributed by atoms with Gasteiger partial charge in [-0.25, -0.2) is 0 Å². The van der Waals surface area contributed by atoms with Crippen LogP contribution in [0.3, 0.4) is 0 Å². The third kappa shape index (κ3) is 5.27. The van der Waals surface area contributed by atoms with E-state index in [0.717, 1.165) is 61.7 Å². The molecule has 1 aromatic carbocycles. The summed E-state index contributed by atoms with van der Waals surface area (Å²) in [7, 11) is 0. The first-order valence-electron chi connectivity index (χ1n) is 9.37. The fourth-order valence-corrected chi connectivity index (χ4v) is 3.39. The number of hydrogen-bond acceptors (Lipinski definition) is 5. The van der Waals surface area contributed by atoms with Crippen LogP contribution in [0.1, 0.15) is 36.6 Å². The van der Waals surface area contributed by atoms with E-state index in [0.29, 0.717) is 12.7 Å². The highest BCUT2D eigenvalue weighted by atomic mass is 16.5. The Labute approximate surface area is 155 Å². The second-order valence-corrected chi connectivity index (χ2v) is 6.66. The average Bonchev–Trinajstić information content (AvgIpc) is 3.17. The van der Waals surface area contributed by atoms with Crippen LogP contribution in [0.15, 0.2) is 42.6 Å². The van der Waals surface area contributed by atoms with Crippen LogP contribution in [0, 0.1) is 0 Å². The third-order valence-electron chi connectivity index (χ3n) is 4.60. The number of pyridine rings is 1. The molecule has 3 rings (SSSR count). The van der Waals surface area contributed by atoms with Gasteiger partial charge >= 0.3 is 0 Å². The van der Waals surface area contributed by atoms with E-state index in [1.54, 1.807) is 0 Å². The van der Waals surface area contributed by atoms with Crippen molar-refractivity contribution in [2.75, 3.05) is 19.8 Å². The van der Waals surface area contributed by atoms with Gasteiger partial charge in [-0.05, 0) is 49.6 Å². The monoisotopic (exact) mass is 356 g/mol. The molecule has 2 aromatic rings. The summed E-state index contributed by atoms with van der Waals surface area (Å²) in [5.74, 6) is 0.758. The summed E-state index contributed by atoms with van der Waals surface area (Å²) in [6.07, 6.45) is 4.38. The van der Waals surface area contributed by atoms with Crippen LogP contribution in [0.4, 0.5) is 0 Å². The van der Waals surface area contributed by atoms with Crippen molar-refractivity contribution in [1.82, 2.24) is 9.88 Å². The Hall–Kier alpha value is -1.95. The number of ether oxygens (including phenoxy) is 2. The Kier molecular flexibility index (Phi) is 7.00. The normalized spacial score (nSPS) is 17.0. The lowest BCUT2D eigenvalue weighted by atomic mass is 10.1. The second-order valence-electron chi connectivity index (χ2n) is 6.66. The van der Waals surface area contributed by atoms with Crippen LogP contribution < -0.4 is 4.74 Å². The highest BCUT2D eigenvalue weighted by Crippen LogP contribution is 2.22. The molecule has 1 aliphatic rings. The SMILES string of the molecule is CCOc1ccc(CN(Cc2ccccn2)C[C@H]2CCCO2)cc1CO. The molecule has 0 unspecified atom stereocenters. The number of benzene rings is 1. The zero-order valence-electron chi connectivity index (χ0n) is 15.4. The molecule has 1 aliphatic heterocycles. The predicted molar refractivity (Wildman–Crippen MR) is 101 cm³/mol. The smallest absolute Gasteiger partial charge is 0.124 e. The lowest BCUT2D eigenvalue weighted by molar-refractivity contribution is 0.0674. The molecule has 140 valence electrons. The fraction of sp³-hybridized carbons (Fsp3) is 0.476. The van der Waals surface area contributed by atoms with Gasteiger partial charge in [0.15, 0.2) is 0 Å². The topological polar surface area (TPSA) is 54.8 Å². The molecule has 0 aliphatic carbocycles. The van der Waals surface area contributed by atoms with Gasteiger partial charge in [0.25, 0.3) is 0 Å². The maximum atomic E-state index is 9.65. The van der Waals surface area contributed by atoms with E-state index in [1.807, 2.05) is 37.4 Å². The van der Waals surface area contributed by atoms with Gasteiger partial charge in [0, 0.05) is 38.0 Å². The molecule has 1 N–H and O–H groups in total. The molecule has 0 amide bonds. The number of aliphatic hydroxyl groups excluding tert-OH is 1. The second kappa shape index (κ2) is 9.67. The van der Waals surface area contributed by atoms with Gasteiger partial charge in [0.05, 0.1) is 25.0 Å². The van der Waals surface area contributed by atoms with Gasteiger partial charge in [-0.15, -0.1) is 0 Å². The molecule has 1 saturated heterocycles. The minimum Gasteiger partial charge on any atom is -0.494 e. The molecule has 26 heavy (non-hydrogen) atoms. The number of aromatic nitrogens is 1. The van der Waals surface area contributed by atoms with E-state index in [9.17, 15) is 5.11 Å². The zero-order chi connectivity index (χ0) is 18.2. The molecule has 0 radical (unpaired) electrons. The van der Waals surface area contributed by atoms with E-state index in [1.165, 1.54) is 0 Å². The van der Waals surface area contributed by atoms with Gasteiger partial charge in [-0.3, -0.25) is 9.88 Å². The lowest BCUT2D eigenvalue weighted by Crippen LogP contribution is -2.31. The highest BCUT2D eigenvalue weighted by molar-refractivity contribution is 5.37. The first kappa shape index (κ1) is 18.8. The molecular formula is C21H28N2O3. The largest absolute Gasteiger partial charge is 0.494 e. The molecule has 0 bridgehead atoms. The number of aliphatic hydroxyl groups is 1. The van der Waals surface area contributed by atoms with Crippen LogP contribution >= 0.6 is 0 Å². The van der Waals surface area contributed by atoms with E-state index < -0.39 is 0 Å². The van der Waals surface area contributed by atoms with Crippen molar-refractivity contribution < 1.29 is 14.6 Å². The molecule has 0 spiro atoms. The van der Waals surface area contributed by atoms with E-state index in [4.69, 9.17) is 9.47 Å². The molecular weight excluding hydrogens is 328 g/mol. The molecule has 5 heteroatoms. The fourth-order valence-electron chi connectivity index (χ4n) is 3.39. The lowest BCUT2D eigenvalue weighted by Gasteiger charge is -2.25. The van der Waals surface area contributed by atoms with E-state index >= 15 is 0 Å². The molecule has 1 aromatic heterocycles. The maximum absolute atomic E-state index is 9.65. The highest BCUT2D eigenvalue weighted by Gasteiger charge is 2.20. The summed E-state index contributed by atoms with van der Waals surface area (Å²) < 4.78 is 11.4. The summed E-state index contributed by atoms with van der Waals surface area (Å²) in [5.41, 5.74) is 3.05. The molecule has 1 atom stereocenters. The standard InChI is InChI=1S/C21H28N2O3/c1-2-25-21-9-8-17(12-18(21)16-24)13-23(15-20-7-5-11-26-20)14-19-6-3-4-10-22-19/h3-4,6,8-10,12,20,24H,2,5,7,11,13-16H2,1H3/t20-/m1/s1. The molecule has 2 heterocycles. The first-order chi connectivity index (χ1) is 12.8. The summed E-state index contributed by atoms with van der Waals surface area (Å²) in [5, 5.41) is 9.65. The maximum Gasteiger partial charge on any atom is 0.124 e. The summed E-state index contributed by atoms with van der Waals surface area (Å²) in [6, 6.07) is 12.1.